The second kappa shape index (κ2) is 8.41. The van der Waals surface area contributed by atoms with Gasteiger partial charge in [-0.05, 0) is 0 Å². The van der Waals surface area contributed by atoms with Gasteiger partial charge < -0.3 is 9.84 Å². The first kappa shape index (κ1) is 13.9. The second-order valence-electron chi connectivity index (χ2n) is 1.52. The fourth-order valence-corrected chi connectivity index (χ4v) is 0.298. The van der Waals surface area contributed by atoms with Gasteiger partial charge in [0.1, 0.15) is 6.61 Å². The number of carboxylic acids is 1. The summed E-state index contributed by atoms with van der Waals surface area (Å²) < 4.78 is 4.36. The summed E-state index contributed by atoms with van der Waals surface area (Å²) in [6.07, 6.45) is 0.821. The van der Waals surface area contributed by atoms with Crippen LogP contribution >= 0.6 is 0 Å². The van der Waals surface area contributed by atoms with Crippen LogP contribution in [0.15, 0.2) is 12.7 Å². The Morgan fingerprint density at radius 1 is 1.55 bits per heavy atom. The number of esters is 1. The fourth-order valence-electron chi connectivity index (χ4n) is 0.298. The van der Waals surface area contributed by atoms with Crippen molar-refractivity contribution in [3.05, 3.63) is 12.7 Å². The minimum atomic E-state index is -0.989. The predicted molar refractivity (Wildman–Crippen MR) is 40.6 cm³/mol. The molecule has 0 aliphatic rings. The summed E-state index contributed by atoms with van der Waals surface area (Å²) in [4.78, 5) is 20.1. The zero-order valence-electron chi connectivity index (χ0n) is 5.37. The van der Waals surface area contributed by atoms with Crippen LogP contribution in [-0.2, 0) is 14.3 Å². The van der Waals surface area contributed by atoms with Crippen molar-refractivity contribution in [2.75, 3.05) is 6.61 Å². The topological polar surface area (TPSA) is 63.6 Å². The molecule has 0 atom stereocenters. The Balaban J connectivity index is 0. The van der Waals surface area contributed by atoms with Crippen molar-refractivity contribution in [3.63, 3.8) is 0 Å². The third kappa shape index (κ3) is 10.3. The first-order valence-electron chi connectivity index (χ1n) is 2.68. The molecular formula is C6H9KO4. The molecule has 0 fully saturated rings. The molecule has 58 valence electrons. The van der Waals surface area contributed by atoms with Crippen molar-refractivity contribution in [3.8, 4) is 0 Å². The molecule has 5 heteroatoms. The number of carbonyl (C=O) groups is 2. The van der Waals surface area contributed by atoms with Crippen molar-refractivity contribution < 1.29 is 19.4 Å². The number of rotatable bonds is 4. The molecule has 0 spiro atoms. The normalized spacial score (nSPS) is 7.64. The summed E-state index contributed by atoms with van der Waals surface area (Å²) >= 11 is 0. The Kier molecular flexibility index (Phi) is 10.6. The molecule has 0 aromatic rings. The van der Waals surface area contributed by atoms with Crippen LogP contribution in [0.5, 0.6) is 0 Å². The van der Waals surface area contributed by atoms with Gasteiger partial charge in [0.2, 0.25) is 0 Å². The van der Waals surface area contributed by atoms with Crippen LogP contribution in [0.3, 0.4) is 0 Å². The van der Waals surface area contributed by atoms with Crippen LogP contribution in [0.25, 0.3) is 0 Å². The number of carboxylic acid groups (broad SMARTS) is 1. The van der Waals surface area contributed by atoms with E-state index >= 15 is 0 Å². The van der Waals surface area contributed by atoms with E-state index in [9.17, 15) is 9.59 Å². The van der Waals surface area contributed by atoms with Crippen molar-refractivity contribution in [1.82, 2.24) is 0 Å². The summed E-state index contributed by atoms with van der Waals surface area (Å²) in [6.45, 7) is 3.04. The first-order valence-corrected chi connectivity index (χ1v) is 2.68. The summed E-state index contributed by atoms with van der Waals surface area (Å²) in [5, 5.41) is 8.08. The summed E-state index contributed by atoms with van der Waals surface area (Å²) in [5.41, 5.74) is 0. The van der Waals surface area contributed by atoms with E-state index in [0.29, 0.717) is 0 Å². The molecule has 0 heterocycles. The molecule has 0 aromatic carbocycles. The van der Waals surface area contributed by atoms with Crippen molar-refractivity contribution in [2.45, 2.75) is 6.42 Å². The van der Waals surface area contributed by atoms with Crippen molar-refractivity contribution >= 4 is 63.3 Å². The number of aliphatic carboxylic acids is 1. The van der Waals surface area contributed by atoms with Gasteiger partial charge in [-0.15, -0.1) is 0 Å². The van der Waals surface area contributed by atoms with Crippen LogP contribution in [0, 0.1) is 0 Å². The molecule has 0 saturated carbocycles. The van der Waals surface area contributed by atoms with E-state index < -0.39 is 11.9 Å². The Hall–Kier alpha value is 0.316. The number of hydrogen-bond acceptors (Lipinski definition) is 3. The van der Waals surface area contributed by atoms with Gasteiger partial charge in [0.15, 0.2) is 0 Å². The number of ether oxygens (including phenoxy) is 1. The van der Waals surface area contributed by atoms with Crippen LogP contribution in [-0.4, -0.2) is 75.0 Å². The van der Waals surface area contributed by atoms with Gasteiger partial charge in [0, 0.05) is 6.08 Å². The van der Waals surface area contributed by atoms with Gasteiger partial charge in [-0.2, -0.15) is 0 Å². The molecule has 0 amide bonds. The van der Waals surface area contributed by atoms with Gasteiger partial charge >= 0.3 is 63.3 Å². The van der Waals surface area contributed by atoms with Gasteiger partial charge in [-0.1, -0.05) is 6.58 Å². The van der Waals surface area contributed by atoms with E-state index in [4.69, 9.17) is 5.11 Å². The first-order chi connectivity index (χ1) is 4.66. The number of hydrogen-bond donors (Lipinski definition) is 1. The predicted octanol–water partition coefficient (Wildman–Crippen LogP) is -0.458. The molecule has 0 saturated heterocycles. The fraction of sp³-hybridized carbons (Fsp3) is 0.333. The Bertz CT molecular complexity index is 155. The van der Waals surface area contributed by atoms with Gasteiger partial charge in [-0.25, -0.2) is 4.79 Å². The van der Waals surface area contributed by atoms with E-state index in [0.717, 1.165) is 6.08 Å². The maximum atomic E-state index is 10.3. The van der Waals surface area contributed by atoms with E-state index in [1.54, 1.807) is 0 Å². The molecule has 4 nitrogen and oxygen atoms in total. The zero-order chi connectivity index (χ0) is 7.98. The van der Waals surface area contributed by atoms with Gasteiger partial charge in [-0.3, -0.25) is 4.79 Å². The van der Waals surface area contributed by atoms with Gasteiger partial charge in [0.05, 0.1) is 6.42 Å². The molecule has 0 unspecified atom stereocenters. The molecule has 0 aromatic heterocycles. The van der Waals surface area contributed by atoms with Gasteiger partial charge in [0.25, 0.3) is 0 Å². The van der Waals surface area contributed by atoms with Crippen LogP contribution in [0.2, 0.25) is 0 Å². The van der Waals surface area contributed by atoms with Crippen molar-refractivity contribution in [2.24, 2.45) is 0 Å². The molecular weight excluding hydrogens is 175 g/mol. The molecule has 0 rings (SSSR count). The van der Waals surface area contributed by atoms with E-state index in [2.05, 4.69) is 11.3 Å². The summed E-state index contributed by atoms with van der Waals surface area (Å²) in [7, 11) is 0. The maximum absolute atomic E-state index is 10.3. The van der Waals surface area contributed by atoms with Crippen molar-refractivity contribution in [1.29, 1.82) is 0 Å². The Morgan fingerprint density at radius 2 is 2.09 bits per heavy atom. The van der Waals surface area contributed by atoms with Crippen LogP contribution < -0.4 is 0 Å². The quantitative estimate of drug-likeness (QED) is 0.365. The minimum absolute atomic E-state index is 0. The van der Waals surface area contributed by atoms with E-state index in [-0.39, 0.29) is 64.4 Å². The summed E-state index contributed by atoms with van der Waals surface area (Å²) in [5.74, 6) is -1.59. The molecule has 0 radical (unpaired) electrons. The van der Waals surface area contributed by atoms with Crippen LogP contribution in [0.4, 0.5) is 0 Å². The second-order valence-corrected chi connectivity index (χ2v) is 1.52. The molecule has 0 bridgehead atoms. The standard InChI is InChI=1S/C6H8O4.K.H/c1-2-6(9)10-4-3-5(7)8;;/h2H,1,3-4H2,(H,7,8);;. The third-order valence-electron chi connectivity index (χ3n) is 0.727. The third-order valence-corrected chi connectivity index (χ3v) is 0.727. The monoisotopic (exact) mass is 184 g/mol. The van der Waals surface area contributed by atoms with E-state index in [1.165, 1.54) is 0 Å². The van der Waals surface area contributed by atoms with E-state index in [1.807, 2.05) is 0 Å². The number of carbonyl (C=O) groups excluding carboxylic acids is 1. The summed E-state index contributed by atoms with van der Waals surface area (Å²) in [6, 6.07) is 0. The molecule has 0 aliphatic heterocycles. The SMILES string of the molecule is C=CC(=O)OCCC(=O)O.[KH]. The zero-order valence-corrected chi connectivity index (χ0v) is 5.37. The molecule has 11 heavy (non-hydrogen) atoms. The average Bonchev–Trinajstić information content (AvgIpc) is 1.87. The average molecular weight is 184 g/mol. The van der Waals surface area contributed by atoms with Crippen LogP contribution in [0.1, 0.15) is 6.42 Å². The Morgan fingerprint density at radius 3 is 2.45 bits per heavy atom. The molecule has 1 N–H and O–H groups in total. The molecule has 0 aliphatic carbocycles. The Labute approximate surface area is 107 Å².